The summed E-state index contributed by atoms with van der Waals surface area (Å²) in [6, 6.07) is 0. The van der Waals surface area contributed by atoms with Crippen LogP contribution in [0.25, 0.3) is 0 Å². The van der Waals surface area contributed by atoms with Crippen molar-refractivity contribution in [3.05, 3.63) is 0 Å². The van der Waals surface area contributed by atoms with Crippen molar-refractivity contribution in [3.8, 4) is 0 Å². The van der Waals surface area contributed by atoms with E-state index in [2.05, 4.69) is 4.72 Å². The Morgan fingerprint density at radius 3 is 2.40 bits per heavy atom. The van der Waals surface area contributed by atoms with E-state index in [1.807, 2.05) is 20.8 Å². The molecule has 0 heterocycles. The first kappa shape index (κ1) is 12.5. The molecule has 5 heteroatoms. The quantitative estimate of drug-likeness (QED) is 0.774. The summed E-state index contributed by atoms with van der Waals surface area (Å²) < 4.78 is 25.0. The van der Waals surface area contributed by atoms with E-state index < -0.39 is 10.0 Å². The highest BCUT2D eigenvalue weighted by atomic mass is 32.2. The fraction of sp³-hybridized carbons (Fsp3) is 0.900. The van der Waals surface area contributed by atoms with Crippen LogP contribution in [0.4, 0.5) is 0 Å². The second-order valence-electron chi connectivity index (χ2n) is 4.79. The second kappa shape index (κ2) is 4.51. The van der Waals surface area contributed by atoms with Crippen molar-refractivity contribution in [2.45, 2.75) is 33.6 Å². The smallest absolute Gasteiger partial charge is 0.236 e. The molecular formula is C10H19NO3S. The van der Waals surface area contributed by atoms with Crippen LogP contribution in [0.2, 0.25) is 0 Å². The van der Waals surface area contributed by atoms with Crippen LogP contribution in [0.1, 0.15) is 33.6 Å². The molecule has 88 valence electrons. The van der Waals surface area contributed by atoms with Crippen molar-refractivity contribution in [2.75, 3.05) is 5.75 Å². The lowest BCUT2D eigenvalue weighted by atomic mass is 10.2. The number of carbonyl (C=O) groups excluding carboxylic acids is 1. The van der Waals surface area contributed by atoms with Crippen LogP contribution >= 0.6 is 0 Å². The molecule has 15 heavy (non-hydrogen) atoms. The molecule has 0 aliphatic heterocycles. The predicted molar refractivity (Wildman–Crippen MR) is 58.7 cm³/mol. The zero-order valence-corrected chi connectivity index (χ0v) is 10.3. The summed E-state index contributed by atoms with van der Waals surface area (Å²) in [4.78, 5) is 11.4. The van der Waals surface area contributed by atoms with Gasteiger partial charge in [0.25, 0.3) is 0 Å². The number of rotatable bonds is 5. The normalized spacial score (nSPS) is 25.3. The number of carbonyl (C=O) groups is 1. The van der Waals surface area contributed by atoms with Gasteiger partial charge in [-0.25, -0.2) is 8.42 Å². The molecule has 1 fully saturated rings. The molecule has 0 unspecified atom stereocenters. The highest BCUT2D eigenvalue weighted by molar-refractivity contribution is 7.90. The molecule has 0 radical (unpaired) electrons. The Morgan fingerprint density at radius 2 is 2.00 bits per heavy atom. The van der Waals surface area contributed by atoms with Gasteiger partial charge in [0.2, 0.25) is 15.9 Å². The second-order valence-corrected chi connectivity index (χ2v) is 6.63. The number of sulfonamides is 1. The van der Waals surface area contributed by atoms with E-state index >= 15 is 0 Å². The van der Waals surface area contributed by atoms with Crippen LogP contribution < -0.4 is 4.72 Å². The molecule has 2 atom stereocenters. The molecule has 0 aromatic carbocycles. The number of nitrogens with one attached hydrogen (secondary N) is 1. The van der Waals surface area contributed by atoms with Crippen molar-refractivity contribution in [1.29, 1.82) is 0 Å². The fourth-order valence-corrected chi connectivity index (χ4v) is 2.70. The summed E-state index contributed by atoms with van der Waals surface area (Å²) in [5.74, 6) is 0.296. The maximum Gasteiger partial charge on any atom is 0.236 e. The van der Waals surface area contributed by atoms with Gasteiger partial charge in [0.05, 0.1) is 5.75 Å². The lowest BCUT2D eigenvalue weighted by Crippen LogP contribution is -2.34. The molecule has 4 nitrogen and oxygen atoms in total. The van der Waals surface area contributed by atoms with Crippen molar-refractivity contribution < 1.29 is 13.2 Å². The van der Waals surface area contributed by atoms with Crippen LogP contribution in [0.3, 0.4) is 0 Å². The summed E-state index contributed by atoms with van der Waals surface area (Å²) in [6.07, 6.45) is 1.40. The summed E-state index contributed by atoms with van der Waals surface area (Å²) in [5.41, 5.74) is 0. The standard InChI is InChI=1S/C10H19NO3S/c1-7(2)4-5-15(13,14)11-10(12)9-6-8(9)3/h7-9H,4-6H2,1-3H3,(H,11,12)/t8-,9-/m0/s1. The minimum atomic E-state index is -3.40. The molecule has 1 aliphatic rings. The molecule has 0 aromatic rings. The fourth-order valence-electron chi connectivity index (χ4n) is 1.36. The Balaban J connectivity index is 2.39. The minimum absolute atomic E-state index is 0.0392. The maximum absolute atomic E-state index is 11.5. The number of amides is 1. The molecule has 0 saturated heterocycles. The van der Waals surface area contributed by atoms with E-state index in [9.17, 15) is 13.2 Å². The number of hydrogen-bond acceptors (Lipinski definition) is 3. The van der Waals surface area contributed by atoms with E-state index in [4.69, 9.17) is 0 Å². The topological polar surface area (TPSA) is 63.2 Å². The van der Waals surface area contributed by atoms with Crippen molar-refractivity contribution in [2.24, 2.45) is 17.8 Å². The molecule has 1 saturated carbocycles. The molecule has 1 rings (SSSR count). The Kier molecular flexibility index (Phi) is 3.76. The van der Waals surface area contributed by atoms with E-state index in [0.29, 0.717) is 18.3 Å². The van der Waals surface area contributed by atoms with Gasteiger partial charge in [0.15, 0.2) is 0 Å². The van der Waals surface area contributed by atoms with E-state index in [1.165, 1.54) is 0 Å². The van der Waals surface area contributed by atoms with Crippen molar-refractivity contribution >= 4 is 15.9 Å². The van der Waals surface area contributed by atoms with Gasteiger partial charge in [-0.2, -0.15) is 0 Å². The third kappa shape index (κ3) is 4.20. The Bertz CT molecular complexity index is 335. The largest absolute Gasteiger partial charge is 0.274 e. The lowest BCUT2D eigenvalue weighted by molar-refractivity contribution is -0.120. The van der Waals surface area contributed by atoms with Crippen molar-refractivity contribution in [3.63, 3.8) is 0 Å². The van der Waals surface area contributed by atoms with Gasteiger partial charge in [-0.3, -0.25) is 9.52 Å². The average Bonchev–Trinajstić information content (AvgIpc) is 2.79. The van der Waals surface area contributed by atoms with Crippen LogP contribution in [0.15, 0.2) is 0 Å². The van der Waals surface area contributed by atoms with Crippen LogP contribution in [0, 0.1) is 17.8 Å². The minimum Gasteiger partial charge on any atom is -0.274 e. The van der Waals surface area contributed by atoms with Gasteiger partial charge in [0, 0.05) is 5.92 Å². The molecule has 0 bridgehead atoms. The maximum atomic E-state index is 11.5. The van der Waals surface area contributed by atoms with Crippen LogP contribution in [0.5, 0.6) is 0 Å². The van der Waals surface area contributed by atoms with Gasteiger partial charge in [0.1, 0.15) is 0 Å². The predicted octanol–water partition coefficient (Wildman–Crippen LogP) is 1.13. The molecule has 0 aromatic heterocycles. The van der Waals surface area contributed by atoms with Crippen LogP contribution in [-0.4, -0.2) is 20.1 Å². The summed E-state index contributed by atoms with van der Waals surface area (Å²) in [5, 5.41) is 0. The van der Waals surface area contributed by atoms with Gasteiger partial charge in [-0.15, -0.1) is 0 Å². The molecular weight excluding hydrogens is 214 g/mol. The first-order valence-corrected chi connectivity index (χ1v) is 7.01. The number of hydrogen-bond donors (Lipinski definition) is 1. The van der Waals surface area contributed by atoms with E-state index in [0.717, 1.165) is 6.42 Å². The van der Waals surface area contributed by atoms with E-state index in [1.54, 1.807) is 0 Å². The van der Waals surface area contributed by atoms with Crippen LogP contribution in [-0.2, 0) is 14.8 Å². The summed E-state index contributed by atoms with van der Waals surface area (Å²) in [6.45, 7) is 5.87. The monoisotopic (exact) mass is 233 g/mol. The summed E-state index contributed by atoms with van der Waals surface area (Å²) >= 11 is 0. The average molecular weight is 233 g/mol. The van der Waals surface area contributed by atoms with Gasteiger partial charge >= 0.3 is 0 Å². The van der Waals surface area contributed by atoms with Gasteiger partial charge in [-0.05, 0) is 24.7 Å². The summed E-state index contributed by atoms with van der Waals surface area (Å²) in [7, 11) is -3.40. The highest BCUT2D eigenvalue weighted by Gasteiger charge is 2.40. The van der Waals surface area contributed by atoms with E-state index in [-0.39, 0.29) is 17.6 Å². The zero-order chi connectivity index (χ0) is 11.6. The van der Waals surface area contributed by atoms with Crippen molar-refractivity contribution in [1.82, 2.24) is 4.72 Å². The Hall–Kier alpha value is -0.580. The molecule has 1 aliphatic carbocycles. The molecule has 0 spiro atoms. The molecule has 1 amide bonds. The van der Waals surface area contributed by atoms with Gasteiger partial charge in [-0.1, -0.05) is 20.8 Å². The Morgan fingerprint density at radius 1 is 1.47 bits per heavy atom. The third-order valence-corrected chi connectivity index (χ3v) is 3.95. The molecule has 1 N–H and O–H groups in total. The lowest BCUT2D eigenvalue weighted by Gasteiger charge is -2.07. The first-order valence-electron chi connectivity index (χ1n) is 5.36. The highest BCUT2D eigenvalue weighted by Crippen LogP contribution is 2.37. The van der Waals surface area contributed by atoms with Gasteiger partial charge < -0.3 is 0 Å². The third-order valence-electron chi connectivity index (χ3n) is 2.67. The zero-order valence-electron chi connectivity index (χ0n) is 9.49. The SMILES string of the molecule is CC(C)CCS(=O)(=O)NC(=O)[C@H]1C[C@@H]1C. The Labute approximate surface area is 91.5 Å². The first-order chi connectivity index (χ1) is 6.82.